The molecule has 0 amide bonds. The molecule has 0 atom stereocenters. The van der Waals surface area contributed by atoms with Crippen molar-refractivity contribution in [1.82, 2.24) is 14.7 Å². The Morgan fingerprint density at radius 1 is 1.44 bits per heavy atom. The van der Waals surface area contributed by atoms with E-state index in [1.54, 1.807) is 11.3 Å². The van der Waals surface area contributed by atoms with E-state index in [9.17, 15) is 0 Å². The van der Waals surface area contributed by atoms with Gasteiger partial charge in [-0.1, -0.05) is 20.8 Å². The number of anilines is 1. The summed E-state index contributed by atoms with van der Waals surface area (Å²) in [7, 11) is 4.09. The number of imidazole rings is 1. The summed E-state index contributed by atoms with van der Waals surface area (Å²) in [5.74, 6) is 1.09. The fourth-order valence-corrected chi connectivity index (χ4v) is 2.97. The van der Waals surface area contributed by atoms with Crippen LogP contribution in [0.5, 0.6) is 0 Å². The van der Waals surface area contributed by atoms with Crippen LogP contribution in [0.25, 0.3) is 4.96 Å². The van der Waals surface area contributed by atoms with Crippen LogP contribution >= 0.6 is 11.3 Å². The van der Waals surface area contributed by atoms with Crippen molar-refractivity contribution in [3.05, 3.63) is 17.3 Å². The lowest BCUT2D eigenvalue weighted by Crippen LogP contribution is -2.30. The molecular formula is C13H22N4S. The molecule has 2 rings (SSSR count). The van der Waals surface area contributed by atoms with Gasteiger partial charge >= 0.3 is 0 Å². The Bertz CT molecular complexity index is 521. The van der Waals surface area contributed by atoms with Crippen LogP contribution in [0.2, 0.25) is 0 Å². The van der Waals surface area contributed by atoms with Crippen LogP contribution in [0.4, 0.5) is 5.82 Å². The van der Waals surface area contributed by atoms with Crippen LogP contribution in [0.3, 0.4) is 0 Å². The van der Waals surface area contributed by atoms with Crippen molar-refractivity contribution in [3.8, 4) is 0 Å². The van der Waals surface area contributed by atoms with Crippen molar-refractivity contribution >= 4 is 22.1 Å². The van der Waals surface area contributed by atoms with E-state index in [-0.39, 0.29) is 5.41 Å². The highest BCUT2D eigenvalue weighted by Gasteiger charge is 2.20. The first-order valence-corrected chi connectivity index (χ1v) is 7.10. The highest BCUT2D eigenvalue weighted by molar-refractivity contribution is 7.15. The maximum absolute atomic E-state index is 4.74. The minimum Gasteiger partial charge on any atom is -0.358 e. The molecule has 0 saturated heterocycles. The Hall–Kier alpha value is -1.07. The van der Waals surface area contributed by atoms with Crippen LogP contribution in [0.1, 0.15) is 26.5 Å². The van der Waals surface area contributed by atoms with Gasteiger partial charge in [-0.05, 0) is 12.5 Å². The molecule has 2 aromatic heterocycles. The summed E-state index contributed by atoms with van der Waals surface area (Å²) in [4.78, 5) is 8.06. The van der Waals surface area contributed by atoms with Gasteiger partial charge < -0.3 is 10.2 Å². The van der Waals surface area contributed by atoms with Gasteiger partial charge in [-0.2, -0.15) is 0 Å². The number of rotatable bonds is 4. The number of hydrogen-bond donors (Lipinski definition) is 1. The molecule has 0 fully saturated rings. The highest BCUT2D eigenvalue weighted by atomic mass is 32.1. The molecular weight excluding hydrogens is 244 g/mol. The zero-order valence-corrected chi connectivity index (χ0v) is 12.6. The fraction of sp³-hybridized carbons (Fsp3) is 0.615. The van der Waals surface area contributed by atoms with Crippen molar-refractivity contribution < 1.29 is 0 Å². The van der Waals surface area contributed by atoms with E-state index in [1.165, 1.54) is 5.69 Å². The molecule has 0 unspecified atom stereocenters. The molecule has 1 N–H and O–H groups in total. The van der Waals surface area contributed by atoms with Gasteiger partial charge in [-0.15, -0.1) is 11.3 Å². The molecule has 0 aliphatic rings. The molecule has 18 heavy (non-hydrogen) atoms. The minimum absolute atomic E-state index is 0.267. The first-order valence-electron chi connectivity index (χ1n) is 6.22. The smallest absolute Gasteiger partial charge is 0.195 e. The molecule has 2 heterocycles. The van der Waals surface area contributed by atoms with Crippen molar-refractivity contribution in [2.75, 3.05) is 25.5 Å². The molecule has 2 aromatic rings. The number of hydrogen-bond acceptors (Lipinski definition) is 4. The van der Waals surface area contributed by atoms with Crippen LogP contribution in [-0.2, 0) is 6.54 Å². The number of thiazole rings is 1. The summed E-state index contributed by atoms with van der Waals surface area (Å²) in [6.45, 7) is 8.58. The Morgan fingerprint density at radius 2 is 2.17 bits per heavy atom. The SMILES string of the molecule is CNCc1c(N(C)CC(C)(C)C)nc2sccn12. The Balaban J connectivity index is 2.36. The molecule has 100 valence electrons. The summed E-state index contributed by atoms with van der Waals surface area (Å²) >= 11 is 1.68. The maximum atomic E-state index is 4.74. The number of aromatic nitrogens is 2. The summed E-state index contributed by atoms with van der Waals surface area (Å²) in [5.41, 5.74) is 1.50. The molecule has 4 nitrogen and oxygen atoms in total. The first-order chi connectivity index (χ1) is 8.42. The number of fused-ring (bicyclic) bond motifs is 1. The molecule has 0 bridgehead atoms. The Morgan fingerprint density at radius 3 is 2.78 bits per heavy atom. The summed E-state index contributed by atoms with van der Waals surface area (Å²) < 4.78 is 2.18. The lowest BCUT2D eigenvalue weighted by Gasteiger charge is -2.27. The molecule has 0 spiro atoms. The zero-order valence-electron chi connectivity index (χ0n) is 11.8. The van der Waals surface area contributed by atoms with E-state index < -0.39 is 0 Å². The first kappa shape index (κ1) is 13.4. The predicted octanol–water partition coefficient (Wildman–Crippen LogP) is 2.60. The van der Waals surface area contributed by atoms with Gasteiger partial charge in [0.05, 0.1) is 5.69 Å². The van der Waals surface area contributed by atoms with Gasteiger partial charge in [0.15, 0.2) is 10.8 Å². The van der Waals surface area contributed by atoms with E-state index in [1.807, 2.05) is 7.05 Å². The second-order valence-corrected chi connectivity index (χ2v) is 6.76. The second kappa shape index (κ2) is 4.90. The van der Waals surface area contributed by atoms with Crippen LogP contribution in [0.15, 0.2) is 11.6 Å². The second-order valence-electron chi connectivity index (χ2n) is 5.88. The lowest BCUT2D eigenvalue weighted by atomic mass is 9.96. The van der Waals surface area contributed by atoms with Gasteiger partial charge in [0, 0.05) is 31.7 Å². The molecule has 0 aromatic carbocycles. The third kappa shape index (κ3) is 2.67. The highest BCUT2D eigenvalue weighted by Crippen LogP contribution is 2.26. The lowest BCUT2D eigenvalue weighted by molar-refractivity contribution is 0.417. The van der Waals surface area contributed by atoms with E-state index in [4.69, 9.17) is 4.98 Å². The van der Waals surface area contributed by atoms with Crippen LogP contribution in [0, 0.1) is 5.41 Å². The van der Waals surface area contributed by atoms with Crippen LogP contribution in [-0.4, -0.2) is 30.0 Å². The molecule has 0 aliphatic carbocycles. The standard InChI is InChI=1S/C13H22N4S/c1-13(2,3)9-16(5)11-10(8-14-4)17-6-7-18-12(17)15-11/h6-7,14H,8-9H2,1-5H3. The molecule has 0 saturated carbocycles. The summed E-state index contributed by atoms with van der Waals surface area (Å²) in [6, 6.07) is 0. The van der Waals surface area contributed by atoms with Crippen LogP contribution < -0.4 is 10.2 Å². The molecule has 5 heteroatoms. The largest absolute Gasteiger partial charge is 0.358 e. The van der Waals surface area contributed by atoms with E-state index in [0.29, 0.717) is 0 Å². The van der Waals surface area contributed by atoms with Crippen molar-refractivity contribution in [3.63, 3.8) is 0 Å². The van der Waals surface area contributed by atoms with Gasteiger partial charge in [-0.25, -0.2) is 4.98 Å². The third-order valence-electron chi connectivity index (χ3n) is 2.76. The van der Waals surface area contributed by atoms with Crippen molar-refractivity contribution in [1.29, 1.82) is 0 Å². The summed E-state index contributed by atoms with van der Waals surface area (Å²) in [6.07, 6.45) is 2.09. The number of nitrogens with zero attached hydrogens (tertiary/aromatic N) is 3. The quantitative estimate of drug-likeness (QED) is 0.923. The average molecular weight is 266 g/mol. The Labute approximate surface area is 113 Å². The topological polar surface area (TPSA) is 32.6 Å². The minimum atomic E-state index is 0.267. The van der Waals surface area contributed by atoms with Gasteiger partial charge in [0.2, 0.25) is 0 Å². The molecule has 0 radical (unpaired) electrons. The van der Waals surface area contributed by atoms with E-state index in [0.717, 1.165) is 23.9 Å². The van der Waals surface area contributed by atoms with Crippen molar-refractivity contribution in [2.24, 2.45) is 5.41 Å². The van der Waals surface area contributed by atoms with Gasteiger partial charge in [0.1, 0.15) is 0 Å². The van der Waals surface area contributed by atoms with Gasteiger partial charge in [-0.3, -0.25) is 4.40 Å². The molecule has 0 aliphatic heterocycles. The van der Waals surface area contributed by atoms with Crippen molar-refractivity contribution in [2.45, 2.75) is 27.3 Å². The predicted molar refractivity (Wildman–Crippen MR) is 78.6 cm³/mol. The maximum Gasteiger partial charge on any atom is 0.195 e. The Kier molecular flexibility index (Phi) is 3.64. The third-order valence-corrected chi connectivity index (χ3v) is 3.51. The fourth-order valence-electron chi connectivity index (χ4n) is 2.24. The monoisotopic (exact) mass is 266 g/mol. The summed E-state index contributed by atoms with van der Waals surface area (Å²) in [5, 5.41) is 5.31. The van der Waals surface area contributed by atoms with E-state index >= 15 is 0 Å². The van der Waals surface area contributed by atoms with Gasteiger partial charge in [0.25, 0.3) is 0 Å². The average Bonchev–Trinajstić information content (AvgIpc) is 2.78. The number of nitrogens with one attached hydrogen (secondary N) is 1. The van der Waals surface area contributed by atoms with E-state index in [2.05, 4.69) is 54.0 Å². The zero-order chi connectivity index (χ0) is 13.3. The normalized spacial score (nSPS) is 12.3.